The predicted molar refractivity (Wildman–Crippen MR) is 78.9 cm³/mol. The Morgan fingerprint density at radius 2 is 1.94 bits per heavy atom. The van der Waals surface area contributed by atoms with Gasteiger partial charge in [0.15, 0.2) is 0 Å². The lowest BCUT2D eigenvalue weighted by molar-refractivity contribution is 0.125. The Morgan fingerprint density at radius 1 is 1.11 bits per heavy atom. The Balaban J connectivity index is 2.34. The minimum absolute atomic E-state index is 0.768. The molecule has 0 spiro atoms. The average Bonchev–Trinajstić information content (AvgIpc) is 2.38. The van der Waals surface area contributed by atoms with Gasteiger partial charge < -0.3 is 10.1 Å². The van der Waals surface area contributed by atoms with Gasteiger partial charge in [0, 0.05) is 19.3 Å². The molecule has 0 aromatic rings. The Labute approximate surface area is 114 Å². The first-order valence-corrected chi connectivity index (χ1v) is 8.12. The Bertz CT molecular complexity index is 196. The molecule has 0 bridgehead atoms. The van der Waals surface area contributed by atoms with E-state index in [4.69, 9.17) is 4.74 Å². The highest BCUT2D eigenvalue weighted by Crippen LogP contribution is 2.34. The van der Waals surface area contributed by atoms with Crippen LogP contribution in [0.5, 0.6) is 0 Å². The largest absolute Gasteiger partial charge is 0.382 e. The fourth-order valence-electron chi connectivity index (χ4n) is 3.47. The van der Waals surface area contributed by atoms with Gasteiger partial charge in [-0.25, -0.2) is 0 Å². The van der Waals surface area contributed by atoms with Crippen LogP contribution >= 0.6 is 0 Å². The average molecular weight is 255 g/mol. The molecule has 0 radical (unpaired) electrons. The molecule has 3 atom stereocenters. The van der Waals surface area contributed by atoms with Crippen LogP contribution in [0.1, 0.15) is 65.7 Å². The van der Waals surface area contributed by atoms with Gasteiger partial charge in [0.25, 0.3) is 0 Å². The summed E-state index contributed by atoms with van der Waals surface area (Å²) in [6.45, 7) is 9.56. The van der Waals surface area contributed by atoms with Crippen molar-refractivity contribution in [3.8, 4) is 0 Å². The van der Waals surface area contributed by atoms with Crippen molar-refractivity contribution in [1.29, 1.82) is 0 Å². The molecule has 1 rings (SSSR count). The van der Waals surface area contributed by atoms with E-state index in [1.54, 1.807) is 0 Å². The second kappa shape index (κ2) is 9.80. The van der Waals surface area contributed by atoms with E-state index >= 15 is 0 Å². The molecular formula is C16H33NO. The Morgan fingerprint density at radius 3 is 2.61 bits per heavy atom. The quantitative estimate of drug-likeness (QED) is 0.629. The second-order valence-electron chi connectivity index (χ2n) is 5.73. The van der Waals surface area contributed by atoms with Crippen LogP contribution in [0, 0.1) is 11.8 Å². The van der Waals surface area contributed by atoms with Gasteiger partial charge in [-0.2, -0.15) is 0 Å². The van der Waals surface area contributed by atoms with Crippen molar-refractivity contribution >= 4 is 0 Å². The van der Waals surface area contributed by atoms with E-state index in [0.29, 0.717) is 0 Å². The van der Waals surface area contributed by atoms with E-state index < -0.39 is 0 Å². The molecule has 0 saturated heterocycles. The lowest BCUT2D eigenvalue weighted by Gasteiger charge is -2.37. The summed E-state index contributed by atoms with van der Waals surface area (Å²) in [6.07, 6.45) is 9.63. The number of nitrogens with one attached hydrogen (secondary N) is 1. The van der Waals surface area contributed by atoms with Gasteiger partial charge in [-0.05, 0) is 57.4 Å². The summed E-state index contributed by atoms with van der Waals surface area (Å²) in [5.74, 6) is 1.87. The van der Waals surface area contributed by atoms with Crippen molar-refractivity contribution in [3.63, 3.8) is 0 Å². The van der Waals surface area contributed by atoms with Crippen LogP contribution in [0.15, 0.2) is 0 Å². The zero-order valence-electron chi connectivity index (χ0n) is 12.7. The third-order valence-corrected chi connectivity index (χ3v) is 4.32. The van der Waals surface area contributed by atoms with E-state index in [1.807, 2.05) is 0 Å². The van der Waals surface area contributed by atoms with Gasteiger partial charge >= 0.3 is 0 Å². The lowest BCUT2D eigenvalue weighted by Crippen LogP contribution is -2.40. The maximum atomic E-state index is 5.47. The highest BCUT2D eigenvalue weighted by molar-refractivity contribution is 4.84. The zero-order valence-corrected chi connectivity index (χ0v) is 12.7. The van der Waals surface area contributed by atoms with Gasteiger partial charge in [0.05, 0.1) is 0 Å². The van der Waals surface area contributed by atoms with Crippen LogP contribution in [0.4, 0.5) is 0 Å². The van der Waals surface area contributed by atoms with Crippen molar-refractivity contribution in [3.05, 3.63) is 0 Å². The lowest BCUT2D eigenvalue weighted by atomic mass is 9.74. The normalized spacial score (nSPS) is 28.5. The molecule has 1 saturated carbocycles. The van der Waals surface area contributed by atoms with Crippen LogP contribution in [-0.4, -0.2) is 25.8 Å². The van der Waals surface area contributed by atoms with E-state index in [9.17, 15) is 0 Å². The topological polar surface area (TPSA) is 21.3 Å². The molecule has 0 amide bonds. The first-order chi connectivity index (χ1) is 8.81. The summed E-state index contributed by atoms with van der Waals surface area (Å²) in [4.78, 5) is 0. The van der Waals surface area contributed by atoms with Crippen LogP contribution in [0.3, 0.4) is 0 Å². The molecule has 0 heterocycles. The van der Waals surface area contributed by atoms with Gasteiger partial charge in [-0.1, -0.05) is 26.7 Å². The monoisotopic (exact) mass is 255 g/mol. The maximum absolute atomic E-state index is 5.47. The molecule has 3 unspecified atom stereocenters. The fraction of sp³-hybridized carbons (Fsp3) is 1.00. The predicted octanol–water partition coefficient (Wildman–Crippen LogP) is 4.00. The molecule has 1 fully saturated rings. The third-order valence-electron chi connectivity index (χ3n) is 4.32. The van der Waals surface area contributed by atoms with Crippen molar-refractivity contribution in [2.24, 2.45) is 11.8 Å². The molecule has 0 aromatic heterocycles. The van der Waals surface area contributed by atoms with Crippen molar-refractivity contribution in [2.45, 2.75) is 71.8 Å². The van der Waals surface area contributed by atoms with Gasteiger partial charge in [0.1, 0.15) is 0 Å². The van der Waals surface area contributed by atoms with E-state index in [2.05, 4.69) is 26.1 Å². The molecule has 0 aromatic carbocycles. The first kappa shape index (κ1) is 16.0. The third kappa shape index (κ3) is 5.71. The fourth-order valence-corrected chi connectivity index (χ4v) is 3.47. The second-order valence-corrected chi connectivity index (χ2v) is 5.73. The Kier molecular flexibility index (Phi) is 8.70. The summed E-state index contributed by atoms with van der Waals surface area (Å²) in [7, 11) is 0. The minimum Gasteiger partial charge on any atom is -0.382 e. The standard InChI is InChI=1S/C16H33NO/c1-4-8-14-10-11-16(17-5-2)15(13-14)9-7-12-18-6-3/h14-17H,4-13H2,1-3H3. The molecule has 1 aliphatic rings. The molecule has 108 valence electrons. The molecule has 18 heavy (non-hydrogen) atoms. The number of hydrogen-bond donors (Lipinski definition) is 1. The highest BCUT2D eigenvalue weighted by Gasteiger charge is 2.28. The first-order valence-electron chi connectivity index (χ1n) is 8.12. The molecule has 2 heteroatoms. The van der Waals surface area contributed by atoms with Crippen molar-refractivity contribution in [1.82, 2.24) is 5.32 Å². The summed E-state index contributed by atoms with van der Waals surface area (Å²) in [5.41, 5.74) is 0. The molecule has 0 aliphatic heterocycles. The van der Waals surface area contributed by atoms with Crippen LogP contribution < -0.4 is 5.32 Å². The van der Waals surface area contributed by atoms with Crippen LogP contribution in [0.2, 0.25) is 0 Å². The van der Waals surface area contributed by atoms with Crippen LogP contribution in [0.25, 0.3) is 0 Å². The molecular weight excluding hydrogens is 222 g/mol. The van der Waals surface area contributed by atoms with E-state index in [0.717, 1.165) is 37.6 Å². The minimum atomic E-state index is 0.768. The number of hydrogen-bond acceptors (Lipinski definition) is 2. The number of ether oxygens (including phenoxy) is 1. The smallest absolute Gasteiger partial charge is 0.0466 e. The maximum Gasteiger partial charge on any atom is 0.0466 e. The summed E-state index contributed by atoms with van der Waals surface area (Å²) >= 11 is 0. The SMILES string of the molecule is CCCC1CCC(NCC)C(CCCOCC)C1. The van der Waals surface area contributed by atoms with Crippen molar-refractivity contribution < 1.29 is 4.74 Å². The highest BCUT2D eigenvalue weighted by atomic mass is 16.5. The van der Waals surface area contributed by atoms with E-state index in [1.165, 1.54) is 44.9 Å². The van der Waals surface area contributed by atoms with Gasteiger partial charge in [-0.3, -0.25) is 0 Å². The van der Waals surface area contributed by atoms with Gasteiger partial charge in [-0.15, -0.1) is 0 Å². The summed E-state index contributed by atoms with van der Waals surface area (Å²) in [6, 6.07) is 0.768. The zero-order chi connectivity index (χ0) is 13.2. The summed E-state index contributed by atoms with van der Waals surface area (Å²) < 4.78 is 5.47. The number of rotatable bonds is 9. The van der Waals surface area contributed by atoms with E-state index in [-0.39, 0.29) is 0 Å². The molecule has 1 N–H and O–H groups in total. The van der Waals surface area contributed by atoms with Crippen molar-refractivity contribution in [2.75, 3.05) is 19.8 Å². The summed E-state index contributed by atoms with van der Waals surface area (Å²) in [5, 5.41) is 3.70. The van der Waals surface area contributed by atoms with Crippen LogP contribution in [-0.2, 0) is 4.74 Å². The van der Waals surface area contributed by atoms with Gasteiger partial charge in [0.2, 0.25) is 0 Å². The molecule has 1 aliphatic carbocycles. The molecule has 2 nitrogen and oxygen atoms in total. The Hall–Kier alpha value is -0.0800.